The fourth-order valence-corrected chi connectivity index (χ4v) is 2.83. The molecule has 4 nitrogen and oxygen atoms in total. The van der Waals surface area contributed by atoms with E-state index in [-0.39, 0.29) is 6.61 Å². The van der Waals surface area contributed by atoms with E-state index >= 15 is 0 Å². The lowest BCUT2D eigenvalue weighted by Gasteiger charge is -2.13. The summed E-state index contributed by atoms with van der Waals surface area (Å²) in [5.41, 5.74) is 2.54. The molecule has 0 radical (unpaired) electrons. The molecule has 3 aromatic rings. The molecule has 3 rings (SSSR count). The van der Waals surface area contributed by atoms with Crippen LogP contribution in [-0.2, 0) is 19.7 Å². The van der Waals surface area contributed by atoms with Crippen LogP contribution < -0.4 is 14.8 Å². The average molecular weight is 387 g/mol. The smallest absolute Gasteiger partial charge is 0.161 e. The summed E-state index contributed by atoms with van der Waals surface area (Å²) >= 11 is 6.04. The molecule has 6 heteroatoms. The lowest BCUT2D eigenvalue weighted by atomic mass is 10.2. The van der Waals surface area contributed by atoms with Gasteiger partial charge in [-0.15, -0.1) is 0 Å². The minimum absolute atomic E-state index is 0.0293. The van der Waals surface area contributed by atoms with Crippen LogP contribution in [0.25, 0.3) is 0 Å². The Bertz CT molecular complexity index is 870. The van der Waals surface area contributed by atoms with Crippen molar-refractivity contribution in [3.05, 3.63) is 88.5 Å². The second kappa shape index (κ2) is 9.35. The van der Waals surface area contributed by atoms with Gasteiger partial charge in [0.05, 0.1) is 12.1 Å². The second-order valence-corrected chi connectivity index (χ2v) is 6.34. The zero-order chi connectivity index (χ0) is 19.1. The summed E-state index contributed by atoms with van der Waals surface area (Å²) in [6.45, 7) is 1.45. The Balaban J connectivity index is 1.62. The first kappa shape index (κ1) is 19.1. The molecule has 0 spiro atoms. The first-order valence-corrected chi connectivity index (χ1v) is 8.87. The van der Waals surface area contributed by atoms with Crippen molar-refractivity contribution in [2.75, 3.05) is 7.11 Å². The summed E-state index contributed by atoms with van der Waals surface area (Å²) in [7, 11) is 1.58. The van der Waals surface area contributed by atoms with Gasteiger partial charge in [0.15, 0.2) is 11.5 Å². The van der Waals surface area contributed by atoms with Crippen LogP contribution in [0.5, 0.6) is 11.5 Å². The topological polar surface area (TPSA) is 43.4 Å². The van der Waals surface area contributed by atoms with Gasteiger partial charge < -0.3 is 14.8 Å². The highest BCUT2D eigenvalue weighted by Gasteiger charge is 2.11. The highest BCUT2D eigenvalue weighted by atomic mass is 35.5. The monoisotopic (exact) mass is 386 g/mol. The van der Waals surface area contributed by atoms with Crippen molar-refractivity contribution in [3.8, 4) is 11.5 Å². The van der Waals surface area contributed by atoms with Gasteiger partial charge in [-0.05, 0) is 47.5 Å². The van der Waals surface area contributed by atoms with Crippen LogP contribution in [0.1, 0.15) is 16.7 Å². The Labute approximate surface area is 162 Å². The summed E-state index contributed by atoms with van der Waals surface area (Å²) in [5, 5.41) is 3.71. The lowest BCUT2D eigenvalue weighted by Crippen LogP contribution is -2.12. The molecule has 0 fully saturated rings. The molecule has 0 unspecified atom stereocenters. The van der Waals surface area contributed by atoms with Crippen molar-refractivity contribution >= 4 is 11.6 Å². The van der Waals surface area contributed by atoms with Crippen LogP contribution in [0.4, 0.5) is 4.39 Å². The Morgan fingerprint density at radius 1 is 1.00 bits per heavy atom. The van der Waals surface area contributed by atoms with Crippen LogP contribution in [-0.4, -0.2) is 12.1 Å². The molecule has 0 bridgehead atoms. The van der Waals surface area contributed by atoms with Crippen LogP contribution in [0, 0.1) is 5.82 Å². The quantitative estimate of drug-likeness (QED) is 0.606. The van der Waals surface area contributed by atoms with Crippen LogP contribution in [0.15, 0.2) is 60.9 Å². The van der Waals surface area contributed by atoms with E-state index in [1.54, 1.807) is 31.6 Å². The number of rotatable bonds is 8. The van der Waals surface area contributed by atoms with E-state index in [4.69, 9.17) is 21.1 Å². The number of nitrogens with zero attached hydrogens (tertiary/aromatic N) is 1. The van der Waals surface area contributed by atoms with Crippen LogP contribution >= 0.6 is 11.6 Å². The van der Waals surface area contributed by atoms with E-state index in [1.165, 1.54) is 11.6 Å². The maximum atomic E-state index is 13.9. The molecule has 1 aromatic heterocycles. The normalized spacial score (nSPS) is 10.6. The summed E-state index contributed by atoms with van der Waals surface area (Å²) in [4.78, 5) is 4.00. The van der Waals surface area contributed by atoms with Gasteiger partial charge in [0, 0.05) is 31.0 Å². The van der Waals surface area contributed by atoms with Crippen molar-refractivity contribution in [1.82, 2.24) is 10.3 Å². The third-order valence-corrected chi connectivity index (χ3v) is 4.42. The first-order valence-electron chi connectivity index (χ1n) is 8.49. The fraction of sp³-hybridized carbons (Fsp3) is 0.190. The summed E-state index contributed by atoms with van der Waals surface area (Å²) in [5.74, 6) is 0.735. The maximum Gasteiger partial charge on any atom is 0.161 e. The molecule has 0 amide bonds. The molecule has 2 aromatic carbocycles. The number of aromatic nitrogens is 1. The zero-order valence-corrected chi connectivity index (χ0v) is 15.7. The van der Waals surface area contributed by atoms with Crippen LogP contribution in [0.2, 0.25) is 5.02 Å². The van der Waals surface area contributed by atoms with Crippen molar-refractivity contribution in [1.29, 1.82) is 0 Å². The number of ether oxygens (including phenoxy) is 2. The molecule has 0 saturated carbocycles. The molecular formula is C21H20ClFN2O2. The molecule has 27 heavy (non-hydrogen) atoms. The minimum atomic E-state index is -0.390. The van der Waals surface area contributed by atoms with E-state index in [0.717, 1.165) is 12.1 Å². The van der Waals surface area contributed by atoms with Gasteiger partial charge >= 0.3 is 0 Å². The number of pyridine rings is 1. The highest BCUT2D eigenvalue weighted by Crippen LogP contribution is 2.30. The van der Waals surface area contributed by atoms with Crippen molar-refractivity contribution in [3.63, 3.8) is 0 Å². The molecule has 0 aliphatic rings. The van der Waals surface area contributed by atoms with Crippen molar-refractivity contribution in [2.24, 2.45) is 0 Å². The second-order valence-electron chi connectivity index (χ2n) is 5.93. The third kappa shape index (κ3) is 5.18. The molecule has 0 atom stereocenters. The van der Waals surface area contributed by atoms with Gasteiger partial charge in [0.25, 0.3) is 0 Å². The van der Waals surface area contributed by atoms with Gasteiger partial charge in [-0.2, -0.15) is 0 Å². The number of hydrogen-bond acceptors (Lipinski definition) is 4. The van der Waals surface area contributed by atoms with Gasteiger partial charge in [-0.25, -0.2) is 4.39 Å². The zero-order valence-electron chi connectivity index (χ0n) is 14.9. The van der Waals surface area contributed by atoms with E-state index in [1.807, 2.05) is 30.3 Å². The van der Waals surface area contributed by atoms with Gasteiger partial charge in [0.2, 0.25) is 0 Å². The van der Waals surface area contributed by atoms with Gasteiger partial charge in [-0.3, -0.25) is 4.98 Å². The number of hydrogen-bond donors (Lipinski definition) is 1. The Morgan fingerprint density at radius 2 is 1.78 bits per heavy atom. The summed E-state index contributed by atoms with van der Waals surface area (Å²) in [6.07, 6.45) is 3.54. The lowest BCUT2D eigenvalue weighted by molar-refractivity contribution is 0.279. The van der Waals surface area contributed by atoms with Gasteiger partial charge in [-0.1, -0.05) is 23.7 Å². The highest BCUT2D eigenvalue weighted by molar-refractivity contribution is 6.31. The van der Waals surface area contributed by atoms with Gasteiger partial charge in [0.1, 0.15) is 12.4 Å². The minimum Gasteiger partial charge on any atom is -0.493 e. The number of benzene rings is 2. The SMILES string of the molecule is COc1cc(CNCc2ccncc2)ccc1OCc1c(F)cccc1Cl. The molecule has 1 N–H and O–H groups in total. The van der Waals surface area contributed by atoms with Crippen molar-refractivity contribution < 1.29 is 13.9 Å². The van der Waals surface area contributed by atoms with E-state index < -0.39 is 5.82 Å². The largest absolute Gasteiger partial charge is 0.493 e. The predicted molar refractivity (Wildman–Crippen MR) is 104 cm³/mol. The molecule has 0 saturated heterocycles. The predicted octanol–water partition coefficient (Wildman–Crippen LogP) is 4.75. The number of halogens is 2. The Kier molecular flexibility index (Phi) is 6.63. The molecule has 0 aliphatic carbocycles. The van der Waals surface area contributed by atoms with Crippen molar-refractivity contribution in [2.45, 2.75) is 19.7 Å². The maximum absolute atomic E-state index is 13.9. The summed E-state index contributed by atoms with van der Waals surface area (Å²) in [6, 6.07) is 14.2. The molecular weight excluding hydrogens is 367 g/mol. The summed E-state index contributed by atoms with van der Waals surface area (Å²) < 4.78 is 25.0. The first-order chi connectivity index (χ1) is 13.2. The number of methoxy groups -OCH3 is 1. The Morgan fingerprint density at radius 3 is 2.52 bits per heavy atom. The molecule has 140 valence electrons. The van der Waals surface area contributed by atoms with E-state index in [2.05, 4.69) is 10.3 Å². The standard InChI is InChI=1S/C21H20ClFN2O2/c1-26-21-11-16(13-25-12-15-7-9-24-10-8-15)5-6-20(21)27-14-17-18(22)3-2-4-19(17)23/h2-11,25H,12-14H2,1H3. The molecule has 0 aliphatic heterocycles. The van der Waals surface area contributed by atoms with E-state index in [9.17, 15) is 4.39 Å². The fourth-order valence-electron chi connectivity index (χ4n) is 2.61. The van der Waals surface area contributed by atoms with Crippen LogP contribution in [0.3, 0.4) is 0 Å². The Hall–Kier alpha value is -2.63. The van der Waals surface area contributed by atoms with E-state index in [0.29, 0.717) is 28.6 Å². The third-order valence-electron chi connectivity index (χ3n) is 4.07. The molecule has 1 heterocycles. The number of nitrogens with one attached hydrogen (secondary N) is 1. The average Bonchev–Trinajstić information content (AvgIpc) is 2.69.